The molecule has 0 atom stereocenters. The van der Waals surface area contributed by atoms with E-state index in [4.69, 9.17) is 9.47 Å². The van der Waals surface area contributed by atoms with Gasteiger partial charge < -0.3 is 9.47 Å². The molecular weight excluding hydrogens is 527 g/mol. The number of rotatable bonds is 5. The van der Waals surface area contributed by atoms with Crippen LogP contribution in [0.5, 0.6) is 11.5 Å². The number of amides is 2. The van der Waals surface area contributed by atoms with E-state index in [1.54, 1.807) is 64.2 Å². The van der Waals surface area contributed by atoms with Crippen molar-refractivity contribution in [3.63, 3.8) is 0 Å². The van der Waals surface area contributed by atoms with Gasteiger partial charge in [-0.1, -0.05) is 30.3 Å². The van der Waals surface area contributed by atoms with Crippen molar-refractivity contribution >= 4 is 28.7 Å². The summed E-state index contributed by atoms with van der Waals surface area (Å²) in [6, 6.07) is 17.4. The van der Waals surface area contributed by atoms with Gasteiger partial charge in [-0.15, -0.1) is 0 Å². The van der Waals surface area contributed by atoms with Gasteiger partial charge in [-0.2, -0.15) is 18.3 Å². The molecule has 0 aliphatic heterocycles. The van der Waals surface area contributed by atoms with Gasteiger partial charge in [0.1, 0.15) is 22.8 Å². The predicted molar refractivity (Wildman–Crippen MR) is 139 cm³/mol. The molecular formula is C29H26F3N3O5. The van der Waals surface area contributed by atoms with Crippen LogP contribution in [0.1, 0.15) is 42.4 Å². The van der Waals surface area contributed by atoms with Crippen molar-refractivity contribution in [2.75, 3.05) is 0 Å². The van der Waals surface area contributed by atoms with Gasteiger partial charge in [0.15, 0.2) is 0 Å². The second-order valence-corrected chi connectivity index (χ2v) is 9.96. The maximum atomic E-state index is 13.7. The average Bonchev–Trinajstić information content (AvgIpc) is 3.22. The first kappa shape index (κ1) is 28.3. The Kier molecular flexibility index (Phi) is 7.68. The number of benzene rings is 3. The third kappa shape index (κ3) is 6.48. The first-order valence-electron chi connectivity index (χ1n) is 12.2. The predicted octanol–water partition coefficient (Wildman–Crippen LogP) is 5.90. The highest BCUT2D eigenvalue weighted by Crippen LogP contribution is 2.31. The van der Waals surface area contributed by atoms with Crippen molar-refractivity contribution in [2.24, 2.45) is 7.05 Å². The minimum atomic E-state index is -4.46. The molecule has 0 aliphatic carbocycles. The lowest BCUT2D eigenvalue weighted by Crippen LogP contribution is -2.44. The Labute approximate surface area is 227 Å². The molecule has 1 aromatic heterocycles. The van der Waals surface area contributed by atoms with Gasteiger partial charge in [-0.3, -0.25) is 19.2 Å². The molecule has 0 bridgehead atoms. The number of carbonyl (C=O) groups excluding carboxylic acids is 3. The van der Waals surface area contributed by atoms with Crippen molar-refractivity contribution in [3.05, 3.63) is 89.6 Å². The summed E-state index contributed by atoms with van der Waals surface area (Å²) in [4.78, 5) is 40.4. The SMILES string of the molecule is Cn1nc2ccccc2c1C(=O)N(Cc1ccc(Oc2ccc(C(F)(F)F)cc2)cc1)C(=O)C(=O)OC(C)(C)C. The number of aryl methyl sites for hydroxylation is 1. The molecule has 0 spiro atoms. The maximum absolute atomic E-state index is 13.7. The molecule has 0 saturated carbocycles. The van der Waals surface area contributed by atoms with E-state index in [-0.39, 0.29) is 18.0 Å². The Morgan fingerprint density at radius 3 is 2.02 bits per heavy atom. The molecule has 3 aromatic carbocycles. The number of alkyl halides is 3. The zero-order valence-electron chi connectivity index (χ0n) is 22.2. The maximum Gasteiger partial charge on any atom is 0.416 e. The second-order valence-electron chi connectivity index (χ2n) is 9.96. The van der Waals surface area contributed by atoms with Crippen LogP contribution in [-0.4, -0.2) is 38.1 Å². The Bertz CT molecular complexity index is 1550. The van der Waals surface area contributed by atoms with Gasteiger partial charge in [0.25, 0.3) is 5.91 Å². The Morgan fingerprint density at radius 2 is 1.45 bits per heavy atom. The van der Waals surface area contributed by atoms with Crippen molar-refractivity contribution in [3.8, 4) is 11.5 Å². The van der Waals surface area contributed by atoms with E-state index in [1.807, 2.05) is 0 Å². The quantitative estimate of drug-likeness (QED) is 0.226. The largest absolute Gasteiger partial charge is 0.457 e. The number of nitrogens with zero attached hydrogens (tertiary/aromatic N) is 3. The molecule has 0 fully saturated rings. The fourth-order valence-corrected chi connectivity index (χ4v) is 3.89. The van der Waals surface area contributed by atoms with E-state index >= 15 is 0 Å². The summed E-state index contributed by atoms with van der Waals surface area (Å²) < 4.78 is 50.6. The Balaban J connectivity index is 1.59. The van der Waals surface area contributed by atoms with E-state index in [9.17, 15) is 27.6 Å². The van der Waals surface area contributed by atoms with Crippen molar-refractivity contribution in [1.82, 2.24) is 14.7 Å². The number of hydrogen-bond acceptors (Lipinski definition) is 6. The number of imide groups is 1. The number of carbonyl (C=O) groups is 3. The van der Waals surface area contributed by atoms with Crippen LogP contribution >= 0.6 is 0 Å². The Hall–Kier alpha value is -4.67. The van der Waals surface area contributed by atoms with E-state index in [0.717, 1.165) is 17.0 Å². The molecule has 11 heteroatoms. The fraction of sp³-hybridized carbons (Fsp3) is 0.241. The molecule has 40 heavy (non-hydrogen) atoms. The number of hydrogen-bond donors (Lipinski definition) is 0. The van der Waals surface area contributed by atoms with Gasteiger partial charge in [-0.25, -0.2) is 4.79 Å². The molecule has 0 radical (unpaired) electrons. The molecule has 8 nitrogen and oxygen atoms in total. The summed E-state index contributed by atoms with van der Waals surface area (Å²) in [6.45, 7) is 4.55. The van der Waals surface area contributed by atoms with Gasteiger partial charge in [0.2, 0.25) is 0 Å². The summed E-state index contributed by atoms with van der Waals surface area (Å²) in [5.74, 6) is -2.56. The average molecular weight is 554 g/mol. The normalized spacial score (nSPS) is 11.8. The lowest BCUT2D eigenvalue weighted by molar-refractivity contribution is -0.167. The third-order valence-corrected chi connectivity index (χ3v) is 5.69. The Morgan fingerprint density at radius 1 is 0.875 bits per heavy atom. The molecule has 0 aliphatic rings. The van der Waals surface area contributed by atoms with Crippen molar-refractivity contribution in [2.45, 2.75) is 39.1 Å². The molecule has 1 heterocycles. The van der Waals surface area contributed by atoms with Crippen LogP contribution in [0, 0.1) is 0 Å². The lowest BCUT2D eigenvalue weighted by atomic mass is 10.1. The fourth-order valence-electron chi connectivity index (χ4n) is 3.89. The number of ether oxygens (including phenoxy) is 2. The number of fused-ring (bicyclic) bond motifs is 1. The van der Waals surface area contributed by atoms with E-state index in [2.05, 4.69) is 5.10 Å². The standard InChI is InChI=1S/C29H26F3N3O5/c1-28(2,3)40-27(38)26(37)35(25(36)24-22-7-5-6-8-23(22)33-34(24)4)17-18-9-13-20(14-10-18)39-21-15-11-19(12-16-21)29(30,31)32/h5-16H,17H2,1-4H3. The summed E-state index contributed by atoms with van der Waals surface area (Å²) in [5, 5.41) is 4.83. The van der Waals surface area contributed by atoms with Crippen molar-refractivity contribution in [1.29, 1.82) is 0 Å². The van der Waals surface area contributed by atoms with Gasteiger partial charge in [0.05, 0.1) is 17.6 Å². The summed E-state index contributed by atoms with van der Waals surface area (Å²) in [5.41, 5.74) is -0.609. The minimum absolute atomic E-state index is 0.120. The molecule has 0 unspecified atom stereocenters. The van der Waals surface area contributed by atoms with E-state index in [0.29, 0.717) is 22.2 Å². The zero-order chi connectivity index (χ0) is 29.2. The molecule has 2 amide bonds. The van der Waals surface area contributed by atoms with E-state index < -0.39 is 35.1 Å². The number of aromatic nitrogens is 2. The van der Waals surface area contributed by atoms with Crippen LogP contribution in [0.2, 0.25) is 0 Å². The van der Waals surface area contributed by atoms with Crippen LogP contribution in [0.3, 0.4) is 0 Å². The minimum Gasteiger partial charge on any atom is -0.457 e. The molecule has 4 aromatic rings. The molecule has 4 rings (SSSR count). The van der Waals surface area contributed by atoms with Gasteiger partial charge in [-0.05, 0) is 68.8 Å². The highest BCUT2D eigenvalue weighted by atomic mass is 19.4. The monoisotopic (exact) mass is 553 g/mol. The van der Waals surface area contributed by atoms with Gasteiger partial charge in [0, 0.05) is 12.4 Å². The first-order chi connectivity index (χ1) is 18.7. The van der Waals surface area contributed by atoms with Crippen LogP contribution in [0.15, 0.2) is 72.8 Å². The molecule has 0 N–H and O–H groups in total. The number of esters is 1. The smallest absolute Gasteiger partial charge is 0.416 e. The van der Waals surface area contributed by atoms with Crippen LogP contribution in [0.4, 0.5) is 13.2 Å². The second kappa shape index (κ2) is 10.8. The summed E-state index contributed by atoms with van der Waals surface area (Å²) in [7, 11) is 1.57. The van der Waals surface area contributed by atoms with Crippen molar-refractivity contribution < 1.29 is 37.0 Å². The van der Waals surface area contributed by atoms with E-state index in [1.165, 1.54) is 28.9 Å². The lowest BCUT2D eigenvalue weighted by Gasteiger charge is -2.24. The highest BCUT2D eigenvalue weighted by molar-refractivity contribution is 6.36. The summed E-state index contributed by atoms with van der Waals surface area (Å²) >= 11 is 0. The van der Waals surface area contributed by atoms with Gasteiger partial charge >= 0.3 is 18.1 Å². The molecule has 208 valence electrons. The highest BCUT2D eigenvalue weighted by Gasteiger charge is 2.34. The first-order valence-corrected chi connectivity index (χ1v) is 12.2. The third-order valence-electron chi connectivity index (χ3n) is 5.69. The molecule has 0 saturated heterocycles. The topological polar surface area (TPSA) is 90.7 Å². The number of halogens is 3. The van der Waals surface area contributed by atoms with Crippen LogP contribution in [-0.2, 0) is 34.1 Å². The van der Waals surface area contributed by atoms with Crippen LogP contribution in [0.25, 0.3) is 10.9 Å². The summed E-state index contributed by atoms with van der Waals surface area (Å²) in [6.07, 6.45) is -4.46. The zero-order valence-corrected chi connectivity index (χ0v) is 22.2. The van der Waals surface area contributed by atoms with Crippen LogP contribution < -0.4 is 4.74 Å².